The summed E-state index contributed by atoms with van der Waals surface area (Å²) in [5, 5.41) is 0. The third kappa shape index (κ3) is 7.69. The van der Waals surface area contributed by atoms with Crippen LogP contribution in [0.2, 0.25) is 0 Å². The molecule has 1 atom stereocenters. The topological polar surface area (TPSA) is 35.5 Å². The molecule has 210 valence electrons. The maximum Gasteiger partial charge on any atom is 0.446 e. The van der Waals surface area contributed by atoms with Crippen LogP contribution in [0.15, 0.2) is 117 Å². The van der Waals surface area contributed by atoms with Crippen molar-refractivity contribution < 1.29 is 27.4 Å². The lowest BCUT2D eigenvalue weighted by Gasteiger charge is -2.25. The molecule has 4 aromatic rings. The van der Waals surface area contributed by atoms with Gasteiger partial charge in [0.1, 0.15) is 5.75 Å². The van der Waals surface area contributed by atoms with Gasteiger partial charge < -0.3 is 9.47 Å². The van der Waals surface area contributed by atoms with Crippen LogP contribution in [-0.4, -0.2) is 18.1 Å². The summed E-state index contributed by atoms with van der Waals surface area (Å²) in [4.78, 5) is 16.3. The quantitative estimate of drug-likeness (QED) is 0.0844. The summed E-state index contributed by atoms with van der Waals surface area (Å²) in [6.45, 7) is 4.99. The highest BCUT2D eigenvalue weighted by Gasteiger charge is 2.32. The Hall–Kier alpha value is -3.80. The zero-order chi connectivity index (χ0) is 29.6. The number of ether oxygens (including phenoxy) is 2. The van der Waals surface area contributed by atoms with E-state index in [9.17, 15) is 18.0 Å². The molecule has 0 aliphatic carbocycles. The van der Waals surface area contributed by atoms with Gasteiger partial charge in [-0.25, -0.2) is 4.79 Å². The largest absolute Gasteiger partial charge is 0.481 e. The van der Waals surface area contributed by atoms with Gasteiger partial charge in [0.25, 0.3) is 0 Å². The van der Waals surface area contributed by atoms with E-state index in [1.165, 1.54) is 41.0 Å². The molecule has 4 rings (SSSR count). The van der Waals surface area contributed by atoms with Crippen molar-refractivity contribution in [2.45, 2.75) is 51.5 Å². The van der Waals surface area contributed by atoms with Crippen molar-refractivity contribution in [2.75, 3.05) is 6.61 Å². The van der Waals surface area contributed by atoms with Crippen LogP contribution >= 0.6 is 11.8 Å². The lowest BCUT2D eigenvalue weighted by Crippen LogP contribution is -2.30. The van der Waals surface area contributed by atoms with Gasteiger partial charge in [-0.2, -0.15) is 13.2 Å². The van der Waals surface area contributed by atoms with Crippen LogP contribution in [0.5, 0.6) is 5.75 Å². The third-order valence-electron chi connectivity index (χ3n) is 6.19. The Balaban J connectivity index is 1.49. The summed E-state index contributed by atoms with van der Waals surface area (Å²) in [6, 6.07) is 30.1. The number of benzene rings is 4. The molecular formula is C33H28F3O3S2+. The number of terminal acetylenes is 1. The molecule has 0 spiro atoms. The van der Waals surface area contributed by atoms with Crippen LogP contribution < -0.4 is 4.74 Å². The second-order valence-corrected chi connectivity index (χ2v) is 12.5. The molecule has 1 unspecified atom stereocenters. The van der Waals surface area contributed by atoms with E-state index in [0.29, 0.717) is 11.3 Å². The zero-order valence-corrected chi connectivity index (χ0v) is 24.3. The van der Waals surface area contributed by atoms with E-state index in [2.05, 4.69) is 42.3 Å². The van der Waals surface area contributed by atoms with E-state index in [0.717, 1.165) is 16.0 Å². The van der Waals surface area contributed by atoms with Crippen molar-refractivity contribution in [3.8, 4) is 18.1 Å². The Bertz CT molecular complexity index is 1470. The van der Waals surface area contributed by atoms with Crippen LogP contribution in [0.4, 0.5) is 13.2 Å². The number of esters is 1. The summed E-state index contributed by atoms with van der Waals surface area (Å²) in [6.07, 6.45) is 5.67. The fourth-order valence-electron chi connectivity index (χ4n) is 4.31. The minimum absolute atomic E-state index is 0.00654. The zero-order valence-electron chi connectivity index (χ0n) is 22.7. The lowest BCUT2D eigenvalue weighted by atomic mass is 9.97. The highest BCUT2D eigenvalue weighted by atomic mass is 32.2. The molecular weight excluding hydrogens is 565 g/mol. The first-order chi connectivity index (χ1) is 19.5. The predicted molar refractivity (Wildman–Crippen MR) is 157 cm³/mol. The van der Waals surface area contributed by atoms with Crippen molar-refractivity contribution >= 4 is 28.6 Å². The van der Waals surface area contributed by atoms with Crippen molar-refractivity contribution in [3.63, 3.8) is 0 Å². The van der Waals surface area contributed by atoms with Crippen LogP contribution in [0.25, 0.3) is 0 Å². The smallest absolute Gasteiger partial charge is 0.446 e. The fraction of sp³-hybridized carbons (Fsp3) is 0.182. The van der Waals surface area contributed by atoms with Gasteiger partial charge in [0.2, 0.25) is 0 Å². The summed E-state index contributed by atoms with van der Waals surface area (Å²) in [5.41, 5.74) is -3.76. The van der Waals surface area contributed by atoms with Crippen LogP contribution in [0.1, 0.15) is 23.6 Å². The Morgan fingerprint density at radius 2 is 1.37 bits per heavy atom. The second-order valence-electron chi connectivity index (χ2n) is 9.33. The predicted octanol–water partition coefficient (Wildman–Crippen LogP) is 8.48. The number of carbonyl (C=O) groups is 1. The van der Waals surface area contributed by atoms with Gasteiger partial charge >= 0.3 is 11.5 Å². The molecule has 0 aliphatic heterocycles. The Morgan fingerprint density at radius 1 is 0.854 bits per heavy atom. The minimum Gasteiger partial charge on any atom is -0.481 e. The van der Waals surface area contributed by atoms with E-state index < -0.39 is 17.1 Å². The van der Waals surface area contributed by atoms with Gasteiger partial charge in [-0.1, -0.05) is 54.5 Å². The molecule has 0 bridgehead atoms. The SMILES string of the molecule is C#CC(C)(OC(=O)COc1c(C)cc([S+](c2ccccc2)c2ccccc2)cc1C)c1ccc(SC(F)(F)F)cc1. The molecule has 4 aromatic carbocycles. The number of carbonyl (C=O) groups excluding carboxylic acids is 1. The first-order valence-electron chi connectivity index (χ1n) is 12.6. The molecule has 0 aromatic heterocycles. The van der Waals surface area contributed by atoms with Crippen molar-refractivity contribution in [1.29, 1.82) is 0 Å². The van der Waals surface area contributed by atoms with E-state index in [4.69, 9.17) is 15.9 Å². The highest BCUT2D eigenvalue weighted by Crippen LogP contribution is 2.38. The fourth-order valence-corrected chi connectivity index (χ4v) is 7.12. The Morgan fingerprint density at radius 3 is 1.83 bits per heavy atom. The van der Waals surface area contributed by atoms with E-state index in [1.54, 1.807) is 0 Å². The van der Waals surface area contributed by atoms with Crippen LogP contribution in [0.3, 0.4) is 0 Å². The van der Waals surface area contributed by atoms with E-state index >= 15 is 0 Å². The molecule has 0 fully saturated rings. The number of thioether (sulfide) groups is 1. The van der Waals surface area contributed by atoms with E-state index in [-0.39, 0.29) is 34.2 Å². The van der Waals surface area contributed by atoms with Gasteiger partial charge in [-0.3, -0.25) is 0 Å². The number of halogens is 3. The molecule has 0 N–H and O–H groups in total. The first kappa shape index (κ1) is 30.2. The molecule has 0 saturated carbocycles. The molecule has 8 heteroatoms. The standard InChI is InChI=1S/C33H28F3O3S2/c1-5-32(4,25-16-18-26(19-17-25)40-33(34,35)36)39-30(37)22-38-31-23(2)20-29(21-24(31)3)41(27-12-8-6-9-13-27)28-14-10-7-11-15-28/h1,6-21H,22H2,2-4H3/q+1. The van der Waals surface area contributed by atoms with Gasteiger partial charge in [0, 0.05) is 22.6 Å². The third-order valence-corrected chi connectivity index (χ3v) is 9.13. The minimum atomic E-state index is -4.40. The van der Waals surface area contributed by atoms with Gasteiger partial charge in [0.15, 0.2) is 26.9 Å². The van der Waals surface area contributed by atoms with Crippen molar-refractivity contribution in [3.05, 3.63) is 114 Å². The number of rotatable bonds is 9. The monoisotopic (exact) mass is 593 g/mol. The van der Waals surface area contributed by atoms with Gasteiger partial charge in [0.05, 0.1) is 10.9 Å². The molecule has 0 aliphatic rings. The maximum atomic E-state index is 12.8. The second kappa shape index (κ2) is 12.8. The Kier molecular flexibility index (Phi) is 9.42. The highest BCUT2D eigenvalue weighted by molar-refractivity contribution is 8.00. The number of hydrogen-bond donors (Lipinski definition) is 0. The average molecular weight is 594 g/mol. The molecule has 0 amide bonds. The van der Waals surface area contributed by atoms with Crippen LogP contribution in [0, 0.1) is 26.2 Å². The van der Waals surface area contributed by atoms with E-state index in [1.807, 2.05) is 50.2 Å². The summed E-state index contributed by atoms with van der Waals surface area (Å²) in [7, 11) is -0.333. The number of alkyl halides is 3. The van der Waals surface area contributed by atoms with Crippen molar-refractivity contribution in [1.82, 2.24) is 0 Å². The molecule has 0 saturated heterocycles. The lowest BCUT2D eigenvalue weighted by molar-refractivity contribution is -0.156. The average Bonchev–Trinajstić information content (AvgIpc) is 2.93. The molecule has 0 heterocycles. The molecule has 3 nitrogen and oxygen atoms in total. The normalized spacial score (nSPS) is 12.8. The Labute approximate surface area is 245 Å². The van der Waals surface area contributed by atoms with Gasteiger partial charge in [-0.15, -0.1) is 6.42 Å². The molecule has 41 heavy (non-hydrogen) atoms. The van der Waals surface area contributed by atoms with Gasteiger partial charge in [-0.05, 0) is 80.1 Å². The summed E-state index contributed by atoms with van der Waals surface area (Å²) >= 11 is -0.229. The maximum absolute atomic E-state index is 12.8. The van der Waals surface area contributed by atoms with Crippen molar-refractivity contribution in [2.24, 2.45) is 0 Å². The first-order valence-corrected chi connectivity index (χ1v) is 14.7. The number of aryl methyl sites for hydroxylation is 2. The summed E-state index contributed by atoms with van der Waals surface area (Å²) in [5.74, 6) is 2.32. The summed E-state index contributed by atoms with van der Waals surface area (Å²) < 4.78 is 49.5. The molecule has 0 radical (unpaired) electrons. The van der Waals surface area contributed by atoms with Crippen LogP contribution in [-0.2, 0) is 26.0 Å². The number of hydrogen-bond acceptors (Lipinski definition) is 4.